The van der Waals surface area contributed by atoms with Crippen LogP contribution in [0.1, 0.15) is 32.8 Å². The highest BCUT2D eigenvalue weighted by atomic mass is 32.2. The van der Waals surface area contributed by atoms with Gasteiger partial charge in [-0.05, 0) is 25.3 Å². The summed E-state index contributed by atoms with van der Waals surface area (Å²) in [6, 6.07) is 5.86. The topological polar surface area (TPSA) is 72.2 Å². The first-order chi connectivity index (χ1) is 9.17. The molecule has 1 aromatic rings. The minimum absolute atomic E-state index is 0.156. The highest BCUT2D eigenvalue weighted by Crippen LogP contribution is 2.18. The van der Waals surface area contributed by atoms with Crippen molar-refractivity contribution in [3.8, 4) is 0 Å². The van der Waals surface area contributed by atoms with E-state index < -0.39 is 21.4 Å². The van der Waals surface area contributed by atoms with Crippen molar-refractivity contribution in [2.75, 3.05) is 6.54 Å². The van der Waals surface area contributed by atoms with Gasteiger partial charge in [-0.15, -0.1) is 0 Å². The molecular formula is C14H23FN2O2S. The van der Waals surface area contributed by atoms with Crippen LogP contribution in [0.3, 0.4) is 0 Å². The van der Waals surface area contributed by atoms with Crippen LogP contribution in [0, 0.1) is 11.7 Å². The largest absolute Gasteiger partial charge is 0.329 e. The van der Waals surface area contributed by atoms with Crippen LogP contribution in [0.15, 0.2) is 24.3 Å². The van der Waals surface area contributed by atoms with E-state index >= 15 is 0 Å². The summed E-state index contributed by atoms with van der Waals surface area (Å²) in [5, 5.41) is 0. The lowest BCUT2D eigenvalue weighted by Crippen LogP contribution is -2.52. The van der Waals surface area contributed by atoms with Gasteiger partial charge in [-0.25, -0.2) is 17.5 Å². The lowest BCUT2D eigenvalue weighted by Gasteiger charge is -2.30. The summed E-state index contributed by atoms with van der Waals surface area (Å²) in [5.41, 5.74) is 5.13. The molecule has 0 radical (unpaired) electrons. The molecule has 3 N–H and O–H groups in total. The van der Waals surface area contributed by atoms with Crippen LogP contribution in [-0.4, -0.2) is 20.5 Å². The average molecular weight is 302 g/mol. The Kier molecular flexibility index (Phi) is 5.68. The summed E-state index contributed by atoms with van der Waals surface area (Å²) in [5.74, 6) is -0.594. The Balaban J connectivity index is 2.87. The molecule has 0 amide bonds. The first kappa shape index (κ1) is 17.1. The Bertz CT molecular complexity index is 546. The van der Waals surface area contributed by atoms with Gasteiger partial charge >= 0.3 is 0 Å². The van der Waals surface area contributed by atoms with Gasteiger partial charge in [0.1, 0.15) is 5.82 Å². The Labute approximate surface area is 120 Å². The molecular weight excluding hydrogens is 279 g/mol. The van der Waals surface area contributed by atoms with E-state index in [9.17, 15) is 12.8 Å². The normalized spacial score (nSPS) is 15.3. The molecule has 1 rings (SSSR count). The monoisotopic (exact) mass is 302 g/mol. The SMILES string of the molecule is CC(C)CC(C)(CN)NS(=O)(=O)Cc1ccccc1F. The van der Waals surface area contributed by atoms with E-state index in [4.69, 9.17) is 5.73 Å². The summed E-state index contributed by atoms with van der Waals surface area (Å²) in [4.78, 5) is 0. The molecule has 0 aliphatic rings. The van der Waals surface area contributed by atoms with Crippen molar-refractivity contribution in [2.24, 2.45) is 11.7 Å². The quantitative estimate of drug-likeness (QED) is 0.809. The molecule has 0 saturated carbocycles. The Hall–Kier alpha value is -0.980. The Morgan fingerprint density at radius 2 is 1.95 bits per heavy atom. The first-order valence-electron chi connectivity index (χ1n) is 6.62. The maximum Gasteiger partial charge on any atom is 0.216 e. The van der Waals surface area contributed by atoms with E-state index in [-0.39, 0.29) is 17.9 Å². The molecule has 1 aromatic carbocycles. The summed E-state index contributed by atoms with van der Waals surface area (Å²) in [6.07, 6.45) is 0.625. The van der Waals surface area contributed by atoms with E-state index in [0.717, 1.165) is 0 Å². The fourth-order valence-corrected chi connectivity index (χ4v) is 3.93. The van der Waals surface area contributed by atoms with Gasteiger partial charge in [0.05, 0.1) is 5.75 Å². The molecule has 0 heterocycles. The zero-order chi connectivity index (χ0) is 15.4. The van der Waals surface area contributed by atoms with Gasteiger partial charge < -0.3 is 5.73 Å². The molecule has 114 valence electrons. The summed E-state index contributed by atoms with van der Waals surface area (Å²) < 4.78 is 40.5. The zero-order valence-electron chi connectivity index (χ0n) is 12.2. The fourth-order valence-electron chi connectivity index (χ4n) is 2.30. The van der Waals surface area contributed by atoms with E-state index in [2.05, 4.69) is 4.72 Å². The van der Waals surface area contributed by atoms with E-state index in [1.807, 2.05) is 13.8 Å². The van der Waals surface area contributed by atoms with Gasteiger partial charge in [-0.3, -0.25) is 0 Å². The smallest absolute Gasteiger partial charge is 0.216 e. The Morgan fingerprint density at radius 1 is 1.35 bits per heavy atom. The summed E-state index contributed by atoms with van der Waals surface area (Å²) in [6.45, 7) is 5.96. The fraction of sp³-hybridized carbons (Fsp3) is 0.571. The molecule has 0 aromatic heterocycles. The van der Waals surface area contributed by atoms with Crippen molar-refractivity contribution in [3.05, 3.63) is 35.6 Å². The molecule has 1 unspecified atom stereocenters. The van der Waals surface area contributed by atoms with Gasteiger partial charge in [0.25, 0.3) is 0 Å². The lowest BCUT2D eigenvalue weighted by molar-refractivity contribution is 0.344. The molecule has 1 atom stereocenters. The third-order valence-electron chi connectivity index (χ3n) is 3.01. The number of hydrogen-bond acceptors (Lipinski definition) is 3. The van der Waals surface area contributed by atoms with Crippen LogP contribution in [0.4, 0.5) is 4.39 Å². The second-order valence-electron chi connectivity index (χ2n) is 5.82. The van der Waals surface area contributed by atoms with E-state index in [0.29, 0.717) is 12.3 Å². The second kappa shape index (κ2) is 6.65. The van der Waals surface area contributed by atoms with Gasteiger partial charge in [-0.2, -0.15) is 0 Å². The van der Waals surface area contributed by atoms with Gasteiger partial charge in [0, 0.05) is 17.6 Å². The number of rotatable bonds is 7. The lowest BCUT2D eigenvalue weighted by atomic mass is 9.92. The highest BCUT2D eigenvalue weighted by Gasteiger charge is 2.29. The highest BCUT2D eigenvalue weighted by molar-refractivity contribution is 7.88. The van der Waals surface area contributed by atoms with Crippen molar-refractivity contribution in [1.29, 1.82) is 0 Å². The van der Waals surface area contributed by atoms with E-state index in [1.54, 1.807) is 13.0 Å². The zero-order valence-corrected chi connectivity index (χ0v) is 13.0. The van der Waals surface area contributed by atoms with Crippen molar-refractivity contribution < 1.29 is 12.8 Å². The number of halogens is 1. The van der Waals surface area contributed by atoms with Gasteiger partial charge in [0.15, 0.2) is 0 Å². The van der Waals surface area contributed by atoms with Crippen LogP contribution >= 0.6 is 0 Å². The van der Waals surface area contributed by atoms with Crippen LogP contribution in [0.2, 0.25) is 0 Å². The molecule has 6 heteroatoms. The molecule has 0 aliphatic heterocycles. The van der Waals surface area contributed by atoms with Crippen molar-refractivity contribution in [3.63, 3.8) is 0 Å². The first-order valence-corrected chi connectivity index (χ1v) is 8.28. The summed E-state index contributed by atoms with van der Waals surface area (Å²) in [7, 11) is -3.64. The molecule has 0 aliphatic carbocycles. The van der Waals surface area contributed by atoms with Crippen molar-refractivity contribution in [1.82, 2.24) is 4.72 Å². The van der Waals surface area contributed by atoms with Crippen LogP contribution in [0.5, 0.6) is 0 Å². The summed E-state index contributed by atoms with van der Waals surface area (Å²) >= 11 is 0. The Morgan fingerprint density at radius 3 is 2.45 bits per heavy atom. The van der Waals surface area contributed by atoms with Crippen LogP contribution in [-0.2, 0) is 15.8 Å². The molecule has 0 saturated heterocycles. The number of nitrogens with one attached hydrogen (secondary N) is 1. The predicted molar refractivity (Wildman–Crippen MR) is 79.1 cm³/mol. The van der Waals surface area contributed by atoms with Crippen molar-refractivity contribution in [2.45, 2.75) is 38.5 Å². The minimum atomic E-state index is -3.64. The predicted octanol–water partition coefficient (Wildman–Crippen LogP) is 2.01. The number of sulfonamides is 1. The van der Waals surface area contributed by atoms with E-state index in [1.165, 1.54) is 18.2 Å². The molecule has 4 nitrogen and oxygen atoms in total. The third kappa shape index (κ3) is 5.19. The maximum atomic E-state index is 13.5. The number of hydrogen-bond donors (Lipinski definition) is 2. The molecule has 20 heavy (non-hydrogen) atoms. The minimum Gasteiger partial charge on any atom is -0.329 e. The average Bonchev–Trinajstić information content (AvgIpc) is 2.30. The van der Waals surface area contributed by atoms with Crippen LogP contribution in [0.25, 0.3) is 0 Å². The molecule has 0 spiro atoms. The third-order valence-corrected chi connectivity index (χ3v) is 4.51. The van der Waals surface area contributed by atoms with Crippen LogP contribution < -0.4 is 10.5 Å². The number of benzene rings is 1. The second-order valence-corrected chi connectivity index (χ2v) is 7.54. The molecule has 0 bridgehead atoms. The van der Waals surface area contributed by atoms with Gasteiger partial charge in [0.2, 0.25) is 10.0 Å². The van der Waals surface area contributed by atoms with Crippen molar-refractivity contribution >= 4 is 10.0 Å². The molecule has 0 fully saturated rings. The standard InChI is InChI=1S/C14H23FN2O2S/c1-11(2)8-14(3,10-16)17-20(18,19)9-12-6-4-5-7-13(12)15/h4-7,11,17H,8-10,16H2,1-3H3. The maximum absolute atomic E-state index is 13.5. The van der Waals surface area contributed by atoms with Gasteiger partial charge in [-0.1, -0.05) is 32.0 Å². The number of nitrogens with two attached hydrogens (primary N) is 1.